The van der Waals surface area contributed by atoms with E-state index in [1.54, 1.807) is 6.26 Å². The number of nitrogens with zero attached hydrogens (tertiary/aromatic N) is 2. The number of thioether (sulfide) groups is 2. The summed E-state index contributed by atoms with van der Waals surface area (Å²) in [5, 5.41) is 1.78. The maximum Gasteiger partial charge on any atom is 0.344 e. The van der Waals surface area contributed by atoms with Crippen LogP contribution in [0, 0.1) is 0 Å². The Morgan fingerprint density at radius 2 is 1.73 bits per heavy atom. The molecule has 37 heavy (non-hydrogen) atoms. The van der Waals surface area contributed by atoms with Gasteiger partial charge in [-0.3, -0.25) is 14.1 Å². The number of carbonyl (C=O) groups is 3. The topological polar surface area (TPSA) is 133 Å². The van der Waals surface area contributed by atoms with Crippen molar-refractivity contribution in [2.45, 2.75) is 62.3 Å². The van der Waals surface area contributed by atoms with E-state index in [0.29, 0.717) is 0 Å². The number of esters is 1. The van der Waals surface area contributed by atoms with Crippen molar-refractivity contribution in [3.63, 3.8) is 0 Å². The number of hydrogen-bond donors (Lipinski definition) is 2. The summed E-state index contributed by atoms with van der Waals surface area (Å²) in [6.07, 6.45) is 1.71. The molecule has 1 aromatic carbocycles. The van der Waals surface area contributed by atoms with E-state index in [0.717, 1.165) is 5.56 Å². The van der Waals surface area contributed by atoms with Gasteiger partial charge in [-0.05, 0) is 45.3 Å². The number of rotatable bonds is 10. The second-order valence-electron chi connectivity index (χ2n) is 9.03. The number of fused-ring (bicyclic) bond motifs is 1. The molecule has 1 aromatic rings. The molecule has 2 aliphatic heterocycles. The zero-order valence-corrected chi connectivity index (χ0v) is 24.5. The van der Waals surface area contributed by atoms with Crippen molar-refractivity contribution in [2.75, 3.05) is 31.6 Å². The van der Waals surface area contributed by atoms with Crippen LogP contribution < -0.4 is 5.32 Å². The molecule has 13 heteroatoms. The van der Waals surface area contributed by atoms with Gasteiger partial charge in [0.15, 0.2) is 5.75 Å². The summed E-state index contributed by atoms with van der Waals surface area (Å²) in [5.74, 6) is -3.19. The lowest BCUT2D eigenvalue weighted by Crippen LogP contribution is -2.74. The van der Waals surface area contributed by atoms with Crippen molar-refractivity contribution in [3.05, 3.63) is 35.9 Å². The molecule has 2 N–H and O–H groups in total. The maximum absolute atomic E-state index is 13.2. The van der Waals surface area contributed by atoms with Gasteiger partial charge < -0.3 is 19.9 Å². The molecule has 2 amide bonds. The number of hydrogen-bond acceptors (Lipinski definition) is 9. The van der Waals surface area contributed by atoms with Gasteiger partial charge in [-0.1, -0.05) is 51.1 Å². The Morgan fingerprint density at radius 3 is 2.19 bits per heavy atom. The summed E-state index contributed by atoms with van der Waals surface area (Å²) in [5.41, 5.74) is 0.812. The number of amides is 2. The molecule has 2 heterocycles. The van der Waals surface area contributed by atoms with Gasteiger partial charge in [-0.15, -0.1) is 23.5 Å². The first-order valence-electron chi connectivity index (χ1n) is 12.0. The number of nitrogens with one attached hydrogen (secondary N) is 1. The largest absolute Gasteiger partial charge is 0.458 e. The predicted molar refractivity (Wildman–Crippen MR) is 147 cm³/mol. The Balaban J connectivity index is 0.000000604. The molecule has 2 fully saturated rings. The van der Waals surface area contributed by atoms with Crippen molar-refractivity contribution in [3.8, 4) is 0 Å². The van der Waals surface area contributed by atoms with E-state index in [1.165, 1.54) is 48.1 Å². The van der Waals surface area contributed by atoms with Crippen LogP contribution >= 0.6 is 23.5 Å². The third kappa shape index (κ3) is 6.99. The highest BCUT2D eigenvalue weighted by Gasteiger charge is 2.73. The molecule has 0 radical (unpaired) electrons. The van der Waals surface area contributed by atoms with Crippen LogP contribution in [-0.2, 0) is 35.8 Å². The SMILES string of the molecule is CCN(CC)CC.CS[C@@]1(C(=O)OCc2ccccc2)N2C(=O)[C@H](NC(=O)CS(=O)(=O)O)[C@H]2SC1(C)C. The van der Waals surface area contributed by atoms with E-state index in [2.05, 4.69) is 31.0 Å². The molecular formula is C24H37N3O7S3. The smallest absolute Gasteiger partial charge is 0.344 e. The van der Waals surface area contributed by atoms with Crippen molar-refractivity contribution >= 4 is 51.4 Å². The van der Waals surface area contributed by atoms with Gasteiger partial charge in [0.1, 0.15) is 18.0 Å². The average molecular weight is 576 g/mol. The first-order chi connectivity index (χ1) is 17.3. The monoisotopic (exact) mass is 575 g/mol. The maximum atomic E-state index is 13.2. The van der Waals surface area contributed by atoms with Crippen LogP contribution in [0.2, 0.25) is 0 Å². The van der Waals surface area contributed by atoms with Crippen LogP contribution in [0.3, 0.4) is 0 Å². The minimum atomic E-state index is -4.51. The molecule has 0 unspecified atom stereocenters. The molecule has 0 bridgehead atoms. The van der Waals surface area contributed by atoms with E-state index in [4.69, 9.17) is 9.29 Å². The third-order valence-electron chi connectivity index (χ3n) is 6.37. The van der Waals surface area contributed by atoms with Gasteiger partial charge >= 0.3 is 5.97 Å². The normalized spacial score (nSPS) is 24.0. The summed E-state index contributed by atoms with van der Waals surface area (Å²) in [4.78, 5) is 40.4. The summed E-state index contributed by atoms with van der Waals surface area (Å²) >= 11 is 2.52. The first kappa shape index (κ1) is 31.4. The summed E-state index contributed by atoms with van der Waals surface area (Å²) in [6, 6.07) is 8.18. The zero-order valence-electron chi connectivity index (χ0n) is 22.1. The van der Waals surface area contributed by atoms with Crippen LogP contribution in [0.4, 0.5) is 0 Å². The molecule has 0 aliphatic carbocycles. The van der Waals surface area contributed by atoms with E-state index >= 15 is 0 Å². The van der Waals surface area contributed by atoms with Gasteiger partial charge in [0.05, 0.1) is 4.75 Å². The quantitative estimate of drug-likeness (QED) is 0.243. The lowest BCUT2D eigenvalue weighted by molar-refractivity contribution is -0.168. The van der Waals surface area contributed by atoms with Gasteiger partial charge in [-0.2, -0.15) is 8.42 Å². The molecule has 2 aliphatic rings. The minimum Gasteiger partial charge on any atom is -0.458 e. The van der Waals surface area contributed by atoms with E-state index < -0.39 is 54.7 Å². The Hall–Kier alpha value is -1.80. The van der Waals surface area contributed by atoms with Crippen molar-refractivity contribution in [1.29, 1.82) is 0 Å². The first-order valence-corrected chi connectivity index (χ1v) is 15.7. The lowest BCUT2D eigenvalue weighted by Gasteiger charge is -2.49. The molecule has 10 nitrogen and oxygen atoms in total. The van der Waals surface area contributed by atoms with E-state index in [9.17, 15) is 22.8 Å². The minimum absolute atomic E-state index is 0.0595. The van der Waals surface area contributed by atoms with Gasteiger partial charge in [0.25, 0.3) is 16.0 Å². The highest BCUT2D eigenvalue weighted by atomic mass is 32.2. The summed E-state index contributed by atoms with van der Waals surface area (Å²) in [6.45, 7) is 13.8. The fraction of sp³-hybridized carbons (Fsp3) is 0.625. The Morgan fingerprint density at radius 1 is 1.16 bits per heavy atom. The Bertz CT molecular complexity index is 1060. The van der Waals surface area contributed by atoms with Gasteiger partial charge in [0.2, 0.25) is 10.8 Å². The second kappa shape index (κ2) is 12.8. The van der Waals surface area contributed by atoms with Gasteiger partial charge in [0, 0.05) is 0 Å². The molecule has 0 spiro atoms. The fourth-order valence-electron chi connectivity index (χ4n) is 4.37. The second-order valence-corrected chi connectivity index (χ2v) is 13.2. The van der Waals surface area contributed by atoms with E-state index in [1.807, 2.05) is 44.2 Å². The molecule has 208 valence electrons. The van der Waals surface area contributed by atoms with E-state index in [-0.39, 0.29) is 6.61 Å². The van der Waals surface area contributed by atoms with Gasteiger partial charge in [-0.25, -0.2) is 4.79 Å². The third-order valence-corrected chi connectivity index (χ3v) is 10.2. The highest BCUT2D eigenvalue weighted by Crippen LogP contribution is 2.60. The number of carbonyl (C=O) groups excluding carboxylic acids is 3. The highest BCUT2D eigenvalue weighted by molar-refractivity contribution is 8.06. The molecule has 3 atom stereocenters. The van der Waals surface area contributed by atoms with Crippen molar-refractivity contribution < 1.29 is 32.1 Å². The molecule has 3 rings (SSSR count). The number of ether oxygens (including phenoxy) is 1. The number of β-lactam (4-membered cyclic amide) rings is 1. The van der Waals surface area contributed by atoms with Crippen LogP contribution in [0.1, 0.15) is 40.2 Å². The molecule has 0 aromatic heterocycles. The Kier molecular flexibility index (Phi) is 10.9. The summed E-state index contributed by atoms with van der Waals surface area (Å²) < 4.78 is 35.4. The lowest BCUT2D eigenvalue weighted by atomic mass is 9.95. The predicted octanol–water partition coefficient (Wildman–Crippen LogP) is 2.20. The van der Waals surface area contributed by atoms with Crippen LogP contribution in [0.15, 0.2) is 30.3 Å². The molecule has 0 saturated carbocycles. The summed E-state index contributed by atoms with van der Waals surface area (Å²) in [7, 11) is -4.51. The average Bonchev–Trinajstić information content (AvgIpc) is 3.06. The van der Waals surface area contributed by atoms with Crippen LogP contribution in [0.5, 0.6) is 0 Å². The molecule has 2 saturated heterocycles. The van der Waals surface area contributed by atoms with Crippen molar-refractivity contribution in [2.24, 2.45) is 0 Å². The van der Waals surface area contributed by atoms with Crippen molar-refractivity contribution in [1.82, 2.24) is 15.1 Å². The zero-order chi connectivity index (χ0) is 28.0. The molecular weight excluding hydrogens is 538 g/mol. The van der Waals surface area contributed by atoms with Crippen LogP contribution in [-0.4, -0.2) is 93.2 Å². The Labute approximate surface area is 228 Å². The number of benzene rings is 1. The van der Waals surface area contributed by atoms with Crippen LogP contribution in [0.25, 0.3) is 0 Å². The fourth-order valence-corrected chi connectivity index (χ4v) is 7.99. The standard InChI is InChI=1S/C18H22N2O7S3.C6H15N/c1-17(2)18(28-3,16(23)27-9-11-7-5-4-6-8-11)20-14(22)13(15(20)29-17)19-12(21)10-30(24,25)26;1-4-7(5-2)6-3/h4-8,13,15H,9-10H2,1-3H3,(H,19,21)(H,24,25,26);4-6H2,1-3H3/t13-,15+,18+;/m0./s1.